The maximum absolute atomic E-state index is 13.2. The summed E-state index contributed by atoms with van der Waals surface area (Å²) in [6, 6.07) is 17.3. The first-order valence-electron chi connectivity index (χ1n) is 9.22. The van der Waals surface area contributed by atoms with Gasteiger partial charge in [-0.05, 0) is 37.5 Å². The highest BCUT2D eigenvalue weighted by atomic mass is 32.2. The van der Waals surface area contributed by atoms with E-state index in [1.165, 1.54) is 11.8 Å². The Hall–Kier alpha value is -2.05. The number of thioether (sulfide) groups is 1. The highest BCUT2D eigenvalue weighted by Gasteiger charge is 2.27. The van der Waals surface area contributed by atoms with Gasteiger partial charge in [0.2, 0.25) is 5.91 Å². The normalized spacial score (nSPS) is 14.6. The van der Waals surface area contributed by atoms with Crippen LogP contribution in [0.25, 0.3) is 0 Å². The number of amides is 1. The van der Waals surface area contributed by atoms with Gasteiger partial charge >= 0.3 is 0 Å². The van der Waals surface area contributed by atoms with Crippen LogP contribution in [0, 0.1) is 0 Å². The van der Waals surface area contributed by atoms with Gasteiger partial charge in [-0.15, -0.1) is 0 Å². The number of ether oxygens (including phenoxy) is 1. The summed E-state index contributed by atoms with van der Waals surface area (Å²) in [5, 5.41) is 2.62. The van der Waals surface area contributed by atoms with Crippen LogP contribution in [-0.4, -0.2) is 34.8 Å². The lowest BCUT2D eigenvalue weighted by molar-refractivity contribution is -0.115. The summed E-state index contributed by atoms with van der Waals surface area (Å²) < 4.78 is 6.42. The second kappa shape index (κ2) is 9.76. The van der Waals surface area contributed by atoms with E-state index in [4.69, 9.17) is 17.0 Å². The summed E-state index contributed by atoms with van der Waals surface area (Å²) in [5.74, 6) is 0.576. The first kappa shape index (κ1) is 19.7. The maximum Gasteiger partial charge on any atom is 0.242 e. The number of likely N-dealkylation sites (tertiary alicyclic amines) is 1. The summed E-state index contributed by atoms with van der Waals surface area (Å²) in [5.41, 5.74) is 1.62. The standard InChI is InChI=1S/C21H24N2O2S2/c1-2-25-18-13-7-6-12-17(18)22-20(24)19(16-10-4-3-5-11-16)27-21(26)23-14-8-9-15-23/h3-7,10-13,19H,2,8-9,14-15H2,1H3,(H,22,24)/t19-/m1/s1. The molecule has 4 nitrogen and oxygen atoms in total. The number of carbonyl (C=O) groups is 1. The minimum atomic E-state index is -0.408. The molecule has 3 rings (SSSR count). The zero-order valence-electron chi connectivity index (χ0n) is 15.4. The van der Waals surface area contributed by atoms with Crippen LogP contribution < -0.4 is 10.1 Å². The van der Waals surface area contributed by atoms with Gasteiger partial charge in [-0.2, -0.15) is 0 Å². The van der Waals surface area contributed by atoms with Gasteiger partial charge < -0.3 is 15.0 Å². The Morgan fingerprint density at radius 1 is 1.15 bits per heavy atom. The summed E-state index contributed by atoms with van der Waals surface area (Å²) in [6.45, 7) is 4.42. The molecule has 0 aliphatic carbocycles. The van der Waals surface area contributed by atoms with Crippen LogP contribution in [-0.2, 0) is 4.79 Å². The highest BCUT2D eigenvalue weighted by molar-refractivity contribution is 8.23. The lowest BCUT2D eigenvalue weighted by atomic mass is 10.1. The van der Waals surface area contributed by atoms with E-state index in [0.29, 0.717) is 18.0 Å². The topological polar surface area (TPSA) is 41.6 Å². The van der Waals surface area contributed by atoms with Gasteiger partial charge in [0.25, 0.3) is 0 Å². The van der Waals surface area contributed by atoms with Crippen molar-refractivity contribution in [1.82, 2.24) is 4.90 Å². The van der Waals surface area contributed by atoms with Crippen molar-refractivity contribution < 1.29 is 9.53 Å². The van der Waals surface area contributed by atoms with E-state index >= 15 is 0 Å². The molecule has 1 fully saturated rings. The van der Waals surface area contributed by atoms with Crippen molar-refractivity contribution in [1.29, 1.82) is 0 Å². The molecule has 2 aromatic rings. The molecule has 0 spiro atoms. The van der Waals surface area contributed by atoms with Crippen LogP contribution in [0.5, 0.6) is 5.75 Å². The number of carbonyl (C=O) groups excluding carboxylic acids is 1. The lowest BCUT2D eigenvalue weighted by Gasteiger charge is -2.23. The average molecular weight is 401 g/mol. The third-order valence-electron chi connectivity index (χ3n) is 4.37. The fourth-order valence-electron chi connectivity index (χ4n) is 3.03. The third-order valence-corrected chi connectivity index (χ3v) is 6.10. The second-order valence-corrected chi connectivity index (χ2v) is 8.03. The zero-order chi connectivity index (χ0) is 19.1. The van der Waals surface area contributed by atoms with Crippen molar-refractivity contribution in [2.75, 3.05) is 25.0 Å². The number of nitrogens with zero attached hydrogens (tertiary/aromatic N) is 1. The first-order valence-corrected chi connectivity index (χ1v) is 10.5. The number of hydrogen-bond donors (Lipinski definition) is 1. The van der Waals surface area contributed by atoms with E-state index < -0.39 is 5.25 Å². The Bertz CT molecular complexity index is 777. The Labute approximate surface area is 170 Å². The third kappa shape index (κ3) is 5.23. The van der Waals surface area contributed by atoms with Gasteiger partial charge in [-0.1, -0.05) is 66.4 Å². The van der Waals surface area contributed by atoms with Gasteiger partial charge in [0.1, 0.15) is 15.3 Å². The van der Waals surface area contributed by atoms with Gasteiger partial charge in [-0.25, -0.2) is 0 Å². The summed E-state index contributed by atoms with van der Waals surface area (Å²) in [7, 11) is 0. The molecule has 0 radical (unpaired) electrons. The molecule has 27 heavy (non-hydrogen) atoms. The largest absolute Gasteiger partial charge is 0.492 e. The Kier molecular flexibility index (Phi) is 7.12. The molecule has 0 saturated carbocycles. The smallest absolute Gasteiger partial charge is 0.242 e. The number of para-hydroxylation sites is 2. The van der Waals surface area contributed by atoms with E-state index in [1.807, 2.05) is 61.5 Å². The molecular weight excluding hydrogens is 376 g/mol. The molecular formula is C21H24N2O2S2. The summed E-state index contributed by atoms with van der Waals surface area (Å²) in [6.07, 6.45) is 2.31. The van der Waals surface area contributed by atoms with Gasteiger partial charge in [0.15, 0.2) is 0 Å². The van der Waals surface area contributed by atoms with E-state index in [0.717, 1.165) is 35.8 Å². The molecule has 6 heteroatoms. The number of benzene rings is 2. The van der Waals surface area contributed by atoms with Crippen molar-refractivity contribution in [3.63, 3.8) is 0 Å². The van der Waals surface area contributed by atoms with E-state index in [1.54, 1.807) is 0 Å². The Balaban J connectivity index is 1.79. The molecule has 1 aliphatic heterocycles. The molecule has 2 aromatic carbocycles. The SMILES string of the molecule is CCOc1ccccc1NC(=O)[C@H](SC(=S)N1CCCC1)c1ccccc1. The number of anilines is 1. The molecule has 142 valence electrons. The summed E-state index contributed by atoms with van der Waals surface area (Å²) in [4.78, 5) is 15.3. The van der Waals surface area contributed by atoms with Gasteiger partial charge in [0.05, 0.1) is 12.3 Å². The van der Waals surface area contributed by atoms with Crippen LogP contribution in [0.4, 0.5) is 5.69 Å². The van der Waals surface area contributed by atoms with Crippen molar-refractivity contribution in [3.05, 3.63) is 60.2 Å². The minimum absolute atomic E-state index is 0.0973. The monoisotopic (exact) mass is 400 g/mol. The van der Waals surface area contributed by atoms with Crippen molar-refractivity contribution in [3.8, 4) is 5.75 Å². The molecule has 1 atom stereocenters. The first-order chi connectivity index (χ1) is 13.2. The fourth-order valence-corrected chi connectivity index (χ4v) is 4.49. The number of hydrogen-bond acceptors (Lipinski definition) is 4. The molecule has 1 aliphatic rings. The number of nitrogens with one attached hydrogen (secondary N) is 1. The highest BCUT2D eigenvalue weighted by Crippen LogP contribution is 2.34. The molecule has 1 saturated heterocycles. The van der Waals surface area contributed by atoms with E-state index in [-0.39, 0.29) is 5.91 Å². The number of rotatable bonds is 6. The van der Waals surface area contributed by atoms with E-state index in [9.17, 15) is 4.79 Å². The van der Waals surface area contributed by atoms with Crippen LogP contribution in [0.2, 0.25) is 0 Å². The molecule has 1 amide bonds. The van der Waals surface area contributed by atoms with Crippen molar-refractivity contribution >= 4 is 39.9 Å². The zero-order valence-corrected chi connectivity index (χ0v) is 17.0. The van der Waals surface area contributed by atoms with Crippen LogP contribution in [0.15, 0.2) is 54.6 Å². The molecule has 1 heterocycles. The van der Waals surface area contributed by atoms with Crippen LogP contribution in [0.3, 0.4) is 0 Å². The fraction of sp³-hybridized carbons (Fsp3) is 0.333. The van der Waals surface area contributed by atoms with Crippen LogP contribution >= 0.6 is 24.0 Å². The molecule has 0 aromatic heterocycles. The van der Waals surface area contributed by atoms with Gasteiger partial charge in [-0.3, -0.25) is 4.79 Å². The molecule has 0 bridgehead atoms. The summed E-state index contributed by atoms with van der Waals surface area (Å²) >= 11 is 7.07. The predicted octanol–water partition coefficient (Wildman–Crippen LogP) is 4.88. The van der Waals surface area contributed by atoms with Crippen LogP contribution in [0.1, 0.15) is 30.6 Å². The Morgan fingerprint density at radius 3 is 2.52 bits per heavy atom. The minimum Gasteiger partial charge on any atom is -0.492 e. The van der Waals surface area contributed by atoms with E-state index in [2.05, 4.69) is 10.2 Å². The average Bonchev–Trinajstić information content (AvgIpc) is 3.23. The quantitative estimate of drug-likeness (QED) is 0.700. The van der Waals surface area contributed by atoms with Gasteiger partial charge in [0, 0.05) is 13.1 Å². The maximum atomic E-state index is 13.2. The molecule has 0 unspecified atom stereocenters. The molecule has 1 N–H and O–H groups in total. The lowest BCUT2D eigenvalue weighted by Crippen LogP contribution is -2.27. The Morgan fingerprint density at radius 2 is 1.81 bits per heavy atom. The predicted molar refractivity (Wildman–Crippen MR) is 116 cm³/mol. The van der Waals surface area contributed by atoms with Crippen molar-refractivity contribution in [2.45, 2.75) is 25.0 Å². The van der Waals surface area contributed by atoms with Crippen molar-refractivity contribution in [2.24, 2.45) is 0 Å². The second-order valence-electron chi connectivity index (χ2n) is 6.29. The number of thiocarbonyl (C=S) groups is 1.